The number of hydrogen-bond donors (Lipinski definition) is 1. The van der Waals surface area contributed by atoms with E-state index in [1.54, 1.807) is 13.1 Å². The van der Waals surface area contributed by atoms with E-state index in [1.807, 2.05) is 36.4 Å². The van der Waals surface area contributed by atoms with E-state index in [1.165, 1.54) is 5.56 Å². The van der Waals surface area contributed by atoms with Gasteiger partial charge in [0.05, 0.1) is 18.1 Å². The molecule has 0 spiro atoms. The van der Waals surface area contributed by atoms with Crippen LogP contribution in [0, 0.1) is 5.92 Å². The van der Waals surface area contributed by atoms with Gasteiger partial charge in [0, 0.05) is 37.9 Å². The van der Waals surface area contributed by atoms with Crippen LogP contribution in [0.2, 0.25) is 0 Å². The molecule has 1 saturated heterocycles. The third-order valence-electron chi connectivity index (χ3n) is 5.33. The van der Waals surface area contributed by atoms with Gasteiger partial charge in [-0.05, 0) is 37.5 Å². The number of likely N-dealkylation sites (tertiary alicyclic amines) is 1. The average Bonchev–Trinajstić information content (AvgIpc) is 2.70. The fourth-order valence-corrected chi connectivity index (χ4v) is 3.75. The second-order valence-corrected chi connectivity index (χ2v) is 7.20. The number of pyridine rings is 1. The highest BCUT2D eigenvalue weighted by atomic mass is 16.5. The Morgan fingerprint density at radius 1 is 1.19 bits per heavy atom. The molecule has 3 rings (SSSR count). The van der Waals surface area contributed by atoms with Gasteiger partial charge in [0.1, 0.15) is 0 Å². The first-order valence-corrected chi connectivity index (χ1v) is 9.66. The van der Waals surface area contributed by atoms with Crippen LogP contribution in [-0.4, -0.2) is 46.3 Å². The molecular formula is C22H28N2O3. The molecule has 1 atom stereocenters. The molecule has 0 saturated carbocycles. The second-order valence-electron chi connectivity index (χ2n) is 7.20. The van der Waals surface area contributed by atoms with Gasteiger partial charge < -0.3 is 9.84 Å². The van der Waals surface area contributed by atoms with Crippen molar-refractivity contribution in [2.75, 3.05) is 19.7 Å². The van der Waals surface area contributed by atoms with Crippen LogP contribution < -0.4 is 0 Å². The summed E-state index contributed by atoms with van der Waals surface area (Å²) in [6.45, 7) is 4.48. The summed E-state index contributed by atoms with van der Waals surface area (Å²) in [7, 11) is 0. The number of carbonyl (C=O) groups excluding carboxylic acids is 1. The van der Waals surface area contributed by atoms with Gasteiger partial charge in [0.15, 0.2) is 0 Å². The number of nitrogens with zero attached hydrogens (tertiary/aromatic N) is 2. The summed E-state index contributed by atoms with van der Waals surface area (Å²) < 4.78 is 5.28. The molecule has 1 aromatic heterocycles. The second kappa shape index (κ2) is 9.11. The lowest BCUT2D eigenvalue weighted by Gasteiger charge is -2.42. The molecular weight excluding hydrogens is 340 g/mol. The molecule has 2 aromatic rings. The number of benzene rings is 1. The molecule has 0 radical (unpaired) electrons. The molecule has 1 N–H and O–H groups in total. The molecule has 0 bridgehead atoms. The van der Waals surface area contributed by atoms with Crippen molar-refractivity contribution in [3.63, 3.8) is 0 Å². The van der Waals surface area contributed by atoms with Gasteiger partial charge in [-0.25, -0.2) is 0 Å². The first-order chi connectivity index (χ1) is 13.1. The van der Waals surface area contributed by atoms with Crippen LogP contribution in [0.1, 0.15) is 31.0 Å². The molecule has 1 unspecified atom stereocenters. The number of carbonyl (C=O) groups is 1. The maximum atomic E-state index is 12.6. The SMILES string of the molecule is CCOC(=O)C(Cc1ccccn1)C1(O)CCN(Cc2ccccc2)CC1. The van der Waals surface area contributed by atoms with Crippen LogP contribution in [0.4, 0.5) is 0 Å². The summed E-state index contributed by atoms with van der Waals surface area (Å²) in [5, 5.41) is 11.3. The van der Waals surface area contributed by atoms with Crippen LogP contribution >= 0.6 is 0 Å². The minimum absolute atomic E-state index is 0.313. The van der Waals surface area contributed by atoms with Crippen molar-refractivity contribution in [3.05, 3.63) is 66.0 Å². The monoisotopic (exact) mass is 368 g/mol. The molecule has 0 amide bonds. The highest BCUT2D eigenvalue weighted by molar-refractivity contribution is 5.74. The fourth-order valence-electron chi connectivity index (χ4n) is 3.75. The number of aliphatic hydroxyl groups is 1. The number of esters is 1. The molecule has 5 heteroatoms. The normalized spacial score (nSPS) is 18.0. The smallest absolute Gasteiger partial charge is 0.312 e. The molecule has 27 heavy (non-hydrogen) atoms. The van der Waals surface area contributed by atoms with E-state index in [0.717, 1.165) is 25.3 Å². The quantitative estimate of drug-likeness (QED) is 0.762. The zero-order valence-corrected chi connectivity index (χ0v) is 15.9. The van der Waals surface area contributed by atoms with Gasteiger partial charge in [0.25, 0.3) is 0 Å². The van der Waals surface area contributed by atoms with Gasteiger partial charge in [0.2, 0.25) is 0 Å². The van der Waals surface area contributed by atoms with Crippen LogP contribution in [0.5, 0.6) is 0 Å². The Morgan fingerprint density at radius 3 is 2.52 bits per heavy atom. The number of piperidine rings is 1. The van der Waals surface area contributed by atoms with Gasteiger partial charge >= 0.3 is 5.97 Å². The van der Waals surface area contributed by atoms with E-state index >= 15 is 0 Å². The van der Waals surface area contributed by atoms with E-state index < -0.39 is 11.5 Å². The van der Waals surface area contributed by atoms with Crippen molar-refractivity contribution in [1.82, 2.24) is 9.88 Å². The molecule has 1 aromatic carbocycles. The minimum atomic E-state index is -1.06. The summed E-state index contributed by atoms with van der Waals surface area (Å²) in [5.41, 5.74) is 1.01. The molecule has 1 aliphatic heterocycles. The topological polar surface area (TPSA) is 62.7 Å². The lowest BCUT2D eigenvalue weighted by Crippen LogP contribution is -2.52. The minimum Gasteiger partial charge on any atom is -0.466 e. The van der Waals surface area contributed by atoms with E-state index in [9.17, 15) is 9.90 Å². The summed E-state index contributed by atoms with van der Waals surface area (Å²) >= 11 is 0. The number of rotatable bonds is 7. The van der Waals surface area contributed by atoms with Crippen molar-refractivity contribution < 1.29 is 14.6 Å². The van der Waals surface area contributed by atoms with Gasteiger partial charge in [-0.3, -0.25) is 14.7 Å². The van der Waals surface area contributed by atoms with Gasteiger partial charge in [-0.15, -0.1) is 0 Å². The summed E-state index contributed by atoms with van der Waals surface area (Å²) in [6, 6.07) is 16.0. The summed E-state index contributed by atoms with van der Waals surface area (Å²) in [6.07, 6.45) is 3.21. The largest absolute Gasteiger partial charge is 0.466 e. The van der Waals surface area contributed by atoms with Crippen LogP contribution in [-0.2, 0) is 22.5 Å². The number of ether oxygens (including phenoxy) is 1. The predicted molar refractivity (Wildman–Crippen MR) is 104 cm³/mol. The Labute approximate surface area is 161 Å². The lowest BCUT2D eigenvalue weighted by atomic mass is 9.77. The van der Waals surface area contributed by atoms with Crippen LogP contribution in [0.15, 0.2) is 54.7 Å². The first kappa shape index (κ1) is 19.5. The van der Waals surface area contributed by atoms with E-state index in [0.29, 0.717) is 25.9 Å². The Morgan fingerprint density at radius 2 is 1.89 bits per heavy atom. The Balaban J connectivity index is 1.67. The highest BCUT2D eigenvalue weighted by Crippen LogP contribution is 2.33. The van der Waals surface area contributed by atoms with Crippen LogP contribution in [0.3, 0.4) is 0 Å². The standard InChI is InChI=1S/C22H28N2O3/c1-2-27-21(25)20(16-19-10-6-7-13-23-19)22(26)11-14-24(15-12-22)17-18-8-4-3-5-9-18/h3-10,13,20,26H,2,11-12,14-17H2,1H3. The number of hydrogen-bond acceptors (Lipinski definition) is 5. The fraction of sp³-hybridized carbons (Fsp3) is 0.455. The third-order valence-corrected chi connectivity index (χ3v) is 5.33. The molecule has 1 aliphatic rings. The van der Waals surface area contributed by atoms with Gasteiger partial charge in [-0.1, -0.05) is 36.4 Å². The zero-order chi connectivity index (χ0) is 19.1. The summed E-state index contributed by atoms with van der Waals surface area (Å²) in [4.78, 5) is 19.3. The van der Waals surface area contributed by atoms with Crippen molar-refractivity contribution >= 4 is 5.97 Å². The van der Waals surface area contributed by atoms with Crippen molar-refractivity contribution in [2.24, 2.45) is 5.92 Å². The summed E-state index contributed by atoms with van der Waals surface area (Å²) in [5.74, 6) is -0.923. The molecule has 144 valence electrons. The van der Waals surface area contributed by atoms with Crippen molar-refractivity contribution in [2.45, 2.75) is 38.3 Å². The third kappa shape index (κ3) is 5.15. The average molecular weight is 368 g/mol. The molecule has 5 nitrogen and oxygen atoms in total. The Kier molecular flexibility index (Phi) is 6.58. The number of aromatic nitrogens is 1. The van der Waals surface area contributed by atoms with Gasteiger partial charge in [-0.2, -0.15) is 0 Å². The Hall–Kier alpha value is -2.24. The first-order valence-electron chi connectivity index (χ1n) is 9.66. The predicted octanol–water partition coefficient (Wildman–Crippen LogP) is 2.83. The van der Waals surface area contributed by atoms with Crippen LogP contribution in [0.25, 0.3) is 0 Å². The maximum absolute atomic E-state index is 12.6. The highest BCUT2D eigenvalue weighted by Gasteiger charge is 2.44. The van der Waals surface area contributed by atoms with Crippen molar-refractivity contribution in [3.8, 4) is 0 Å². The van der Waals surface area contributed by atoms with E-state index in [2.05, 4.69) is 22.0 Å². The zero-order valence-electron chi connectivity index (χ0n) is 15.9. The maximum Gasteiger partial charge on any atom is 0.312 e. The molecule has 0 aliphatic carbocycles. The molecule has 1 fully saturated rings. The Bertz CT molecular complexity index is 713. The van der Waals surface area contributed by atoms with Crippen molar-refractivity contribution in [1.29, 1.82) is 0 Å². The lowest BCUT2D eigenvalue weighted by molar-refractivity contribution is -0.162. The molecule has 2 heterocycles. The van der Waals surface area contributed by atoms with E-state index in [-0.39, 0.29) is 5.97 Å². The van der Waals surface area contributed by atoms with E-state index in [4.69, 9.17) is 4.74 Å².